The van der Waals surface area contributed by atoms with Gasteiger partial charge < -0.3 is 51.4 Å². The Kier molecular flexibility index (Phi) is 15.8. The molecule has 5 aliphatic rings. The van der Waals surface area contributed by atoms with Gasteiger partial charge in [0, 0.05) is 13.0 Å². The Balaban J connectivity index is 1.29. The number of rotatable bonds is 20. The lowest BCUT2D eigenvalue weighted by atomic mass is 9.43. The number of amides is 5. The van der Waals surface area contributed by atoms with E-state index in [1.807, 2.05) is 0 Å². The number of hydrogen-bond donors (Lipinski definition) is 7. The molecule has 10 atom stereocenters. The van der Waals surface area contributed by atoms with Gasteiger partial charge >= 0.3 is 19.1 Å². The molecule has 17 nitrogen and oxygen atoms in total. The molecule has 2 saturated heterocycles. The van der Waals surface area contributed by atoms with Crippen molar-refractivity contribution >= 4 is 48.6 Å². The fourth-order valence-corrected chi connectivity index (χ4v) is 10.2. The van der Waals surface area contributed by atoms with E-state index in [0.29, 0.717) is 37.5 Å². The first-order chi connectivity index (χ1) is 29.4. The predicted molar refractivity (Wildman–Crippen MR) is 234 cm³/mol. The highest BCUT2D eigenvalue weighted by molar-refractivity contribution is 6.48. The number of nitrogens with two attached hydrogens (primary N) is 1. The number of benzene rings is 1. The molecule has 6 rings (SSSR count). The lowest BCUT2D eigenvalue weighted by molar-refractivity contribution is -0.199. The van der Waals surface area contributed by atoms with Crippen molar-refractivity contribution in [3.63, 3.8) is 0 Å². The minimum Gasteiger partial charge on any atom is -0.481 e. The van der Waals surface area contributed by atoms with Crippen molar-refractivity contribution in [3.8, 4) is 0 Å². The van der Waals surface area contributed by atoms with E-state index in [4.69, 9.17) is 20.1 Å². The van der Waals surface area contributed by atoms with E-state index in [-0.39, 0.29) is 30.4 Å². The van der Waals surface area contributed by atoms with Gasteiger partial charge in [-0.25, -0.2) is 0 Å². The van der Waals surface area contributed by atoms with E-state index in [9.17, 15) is 38.7 Å². The molecule has 2 aliphatic heterocycles. The molecule has 63 heavy (non-hydrogen) atoms. The van der Waals surface area contributed by atoms with Crippen molar-refractivity contribution in [1.29, 1.82) is 0 Å². The van der Waals surface area contributed by atoms with Crippen LogP contribution in [-0.4, -0.2) is 118 Å². The van der Waals surface area contributed by atoms with Crippen LogP contribution in [0.4, 0.5) is 0 Å². The summed E-state index contributed by atoms with van der Waals surface area (Å²) in [5, 5.41) is 29.3. The van der Waals surface area contributed by atoms with E-state index in [1.54, 1.807) is 27.7 Å². The number of aliphatic carboxylic acids is 2. The second-order valence-corrected chi connectivity index (χ2v) is 19.8. The standard InChI is InChI=1S/C45H69BN6O11/c1-23(2)37(50-40(58)30(15-17-35(53)54)48-39(57)29(47)22-36(55)56)42(60)51-38(24(3)4)43(61)52-18-10-11-31(52)41(59)49-34(16-14-27-13-12-25(5)19-26(27)6)46-62-33-21-28-20-32(44(28,7)8)45(33,9)63-46/h12-13,19,23-24,28-34,37-38H,10-11,14-18,20-22,47H2,1-9H3,(H,48,57)(H,49,59)(H,50,58)(H,51,60)(H,53,54)(H,55,56)/t28-,29-,30-,31+,32-,33+,34-,37-,38-,45-/m0/s1. The number of carbonyl (C=O) groups excluding carboxylic acids is 5. The lowest BCUT2D eigenvalue weighted by Gasteiger charge is -2.64. The van der Waals surface area contributed by atoms with E-state index < -0.39 is 109 Å². The first-order valence-corrected chi connectivity index (χ1v) is 22.5. The van der Waals surface area contributed by atoms with Gasteiger partial charge in [-0.3, -0.25) is 33.6 Å². The first kappa shape index (κ1) is 49.5. The average molecular weight is 881 g/mol. The van der Waals surface area contributed by atoms with Gasteiger partial charge in [-0.1, -0.05) is 65.3 Å². The molecule has 0 unspecified atom stereocenters. The Morgan fingerprint density at radius 2 is 1.54 bits per heavy atom. The molecule has 2 bridgehead atoms. The van der Waals surface area contributed by atoms with Gasteiger partial charge in [0.05, 0.1) is 30.1 Å². The van der Waals surface area contributed by atoms with E-state index in [2.05, 4.69) is 74.1 Å². The van der Waals surface area contributed by atoms with Crippen LogP contribution in [0.5, 0.6) is 0 Å². The molecule has 1 aromatic carbocycles. The summed E-state index contributed by atoms with van der Waals surface area (Å²) >= 11 is 0. The van der Waals surface area contributed by atoms with Crippen LogP contribution in [-0.2, 0) is 49.3 Å². The smallest absolute Gasteiger partial charge is 0.481 e. The van der Waals surface area contributed by atoms with Crippen LogP contribution >= 0.6 is 0 Å². The van der Waals surface area contributed by atoms with Crippen molar-refractivity contribution in [2.45, 2.75) is 168 Å². The predicted octanol–water partition coefficient (Wildman–Crippen LogP) is 2.41. The Hall–Kier alpha value is -4.55. The number of carboxylic acid groups (broad SMARTS) is 2. The molecule has 1 aromatic rings. The average Bonchev–Trinajstić information content (AvgIpc) is 3.83. The fraction of sp³-hybridized carbons (Fsp3) is 0.711. The van der Waals surface area contributed by atoms with Crippen LogP contribution in [0.25, 0.3) is 0 Å². The summed E-state index contributed by atoms with van der Waals surface area (Å²) in [6, 6.07) is 0.233. The van der Waals surface area contributed by atoms with Gasteiger partial charge in [0.15, 0.2) is 0 Å². The molecule has 8 N–H and O–H groups in total. The van der Waals surface area contributed by atoms with Crippen LogP contribution in [0.15, 0.2) is 18.2 Å². The molecule has 2 heterocycles. The second-order valence-electron chi connectivity index (χ2n) is 19.8. The molecule has 18 heteroatoms. The SMILES string of the molecule is Cc1ccc(CC[C@H](NC(=O)[C@H]2CCCN2C(=O)[C@@H](NC(=O)[C@@H](NC(=O)[C@H](CCC(=O)O)NC(=O)[C@@H](N)CC(=O)O)C(C)C)C(C)C)B2O[C@@H]3C[C@@H]4C[C@@H](C4(C)C)[C@]3(C)O2)c(C)c1. The normalized spacial score (nSPS) is 25.8. The summed E-state index contributed by atoms with van der Waals surface area (Å²) in [5.41, 5.74) is 8.81. The van der Waals surface area contributed by atoms with Crippen LogP contribution < -0.4 is 27.0 Å². The number of aryl methyl sites for hydroxylation is 3. The molecule has 3 aliphatic carbocycles. The molecule has 348 valence electrons. The molecule has 0 aromatic heterocycles. The quantitative estimate of drug-likeness (QED) is 0.0933. The summed E-state index contributed by atoms with van der Waals surface area (Å²) in [7, 11) is -0.681. The van der Waals surface area contributed by atoms with Gasteiger partial charge in [-0.2, -0.15) is 0 Å². The van der Waals surface area contributed by atoms with Crippen LogP contribution in [0.3, 0.4) is 0 Å². The zero-order valence-corrected chi connectivity index (χ0v) is 38.3. The third kappa shape index (κ3) is 11.2. The molecule has 5 amide bonds. The lowest BCUT2D eigenvalue weighted by Crippen LogP contribution is -2.65. The van der Waals surface area contributed by atoms with Gasteiger partial charge in [0.2, 0.25) is 29.5 Å². The monoisotopic (exact) mass is 881 g/mol. The van der Waals surface area contributed by atoms with Crippen molar-refractivity contribution in [2.75, 3.05) is 6.54 Å². The zero-order valence-electron chi connectivity index (χ0n) is 38.3. The number of nitrogens with one attached hydrogen (secondary N) is 4. The van der Waals surface area contributed by atoms with Gasteiger partial charge in [0.25, 0.3) is 0 Å². The van der Waals surface area contributed by atoms with Crippen LogP contribution in [0.1, 0.15) is 117 Å². The molecular formula is C45H69BN6O11. The van der Waals surface area contributed by atoms with Crippen molar-refractivity contribution in [1.82, 2.24) is 26.2 Å². The van der Waals surface area contributed by atoms with Gasteiger partial charge in [-0.15, -0.1) is 0 Å². The maximum absolute atomic E-state index is 14.4. The zero-order chi connectivity index (χ0) is 46.7. The van der Waals surface area contributed by atoms with Crippen LogP contribution in [0, 0.1) is 42.9 Å². The minimum atomic E-state index is -1.51. The maximum atomic E-state index is 14.4. The second kappa shape index (κ2) is 20.1. The highest BCUT2D eigenvalue weighted by Crippen LogP contribution is 2.65. The highest BCUT2D eigenvalue weighted by atomic mass is 16.7. The summed E-state index contributed by atoms with van der Waals surface area (Å²) in [6.07, 6.45) is 2.48. The van der Waals surface area contributed by atoms with E-state index >= 15 is 0 Å². The summed E-state index contributed by atoms with van der Waals surface area (Å²) in [6.45, 7) is 18.0. The van der Waals surface area contributed by atoms with Gasteiger partial charge in [0.1, 0.15) is 24.2 Å². The third-order valence-corrected chi connectivity index (χ3v) is 14.2. The largest absolute Gasteiger partial charge is 0.481 e. The van der Waals surface area contributed by atoms with Crippen LogP contribution in [0.2, 0.25) is 0 Å². The fourth-order valence-electron chi connectivity index (χ4n) is 10.2. The minimum absolute atomic E-state index is 0.0873. The number of hydrogen-bond acceptors (Lipinski definition) is 10. The molecular weight excluding hydrogens is 811 g/mol. The Morgan fingerprint density at radius 3 is 2.14 bits per heavy atom. The van der Waals surface area contributed by atoms with E-state index in [0.717, 1.165) is 29.5 Å². The Morgan fingerprint density at radius 1 is 0.873 bits per heavy atom. The van der Waals surface area contributed by atoms with Crippen molar-refractivity contribution in [2.24, 2.45) is 34.8 Å². The maximum Gasteiger partial charge on any atom is 0.481 e. The van der Waals surface area contributed by atoms with E-state index in [1.165, 1.54) is 4.90 Å². The van der Waals surface area contributed by atoms with Crippen molar-refractivity contribution in [3.05, 3.63) is 34.9 Å². The molecule has 5 fully saturated rings. The molecule has 3 saturated carbocycles. The summed E-state index contributed by atoms with van der Waals surface area (Å²) in [5.74, 6) is -6.53. The summed E-state index contributed by atoms with van der Waals surface area (Å²) in [4.78, 5) is 93.0. The molecule has 0 spiro atoms. The Labute approximate surface area is 371 Å². The third-order valence-electron chi connectivity index (χ3n) is 14.2. The number of carboxylic acids is 2. The van der Waals surface area contributed by atoms with Gasteiger partial charge in [-0.05, 0) is 106 Å². The Bertz CT molecular complexity index is 1910. The molecule has 0 radical (unpaired) electrons. The first-order valence-electron chi connectivity index (χ1n) is 22.5. The number of nitrogens with zero attached hydrogens (tertiary/aromatic N) is 1. The topological polar surface area (TPSA) is 256 Å². The van der Waals surface area contributed by atoms with Crippen molar-refractivity contribution < 1.29 is 53.1 Å². The number of carbonyl (C=O) groups is 7. The highest BCUT2D eigenvalue weighted by Gasteiger charge is 2.68. The number of likely N-dealkylation sites (tertiary alicyclic amines) is 1. The summed E-state index contributed by atoms with van der Waals surface area (Å²) < 4.78 is 13.6.